The van der Waals surface area contributed by atoms with Crippen LogP contribution < -0.4 is 15.6 Å². The van der Waals surface area contributed by atoms with Gasteiger partial charge in [-0.25, -0.2) is 0 Å². The monoisotopic (exact) mass is 403 g/mol. The lowest BCUT2D eigenvalue weighted by atomic mass is 10.1. The zero-order valence-electron chi connectivity index (χ0n) is 16.9. The van der Waals surface area contributed by atoms with Crippen LogP contribution in [0.4, 0.5) is 5.69 Å². The Balaban J connectivity index is 1.68. The Morgan fingerprint density at radius 1 is 1.10 bits per heavy atom. The number of anilines is 1. The minimum atomic E-state index is -0.290. The first-order valence-electron chi connectivity index (χ1n) is 9.43. The molecule has 0 unspecified atom stereocenters. The van der Waals surface area contributed by atoms with Crippen LogP contribution in [0.1, 0.15) is 11.3 Å². The first kappa shape index (κ1) is 19.4. The lowest BCUT2D eigenvalue weighted by Crippen LogP contribution is -2.25. The van der Waals surface area contributed by atoms with Gasteiger partial charge in [-0.1, -0.05) is 24.3 Å². The topological polar surface area (TPSA) is 90.5 Å². The van der Waals surface area contributed by atoms with Crippen molar-refractivity contribution in [2.45, 2.75) is 20.4 Å². The molecule has 0 spiro atoms. The number of nitrogens with zero attached hydrogens (tertiary/aromatic N) is 4. The van der Waals surface area contributed by atoms with E-state index in [1.807, 2.05) is 31.2 Å². The van der Waals surface area contributed by atoms with Gasteiger partial charge in [-0.05, 0) is 43.7 Å². The molecule has 2 aromatic heterocycles. The molecule has 4 aromatic rings. The molecular weight excluding hydrogens is 382 g/mol. The summed E-state index contributed by atoms with van der Waals surface area (Å²) in [7, 11) is 1.59. The molecule has 0 aliphatic heterocycles. The molecule has 0 fully saturated rings. The van der Waals surface area contributed by atoms with Gasteiger partial charge in [0.15, 0.2) is 5.82 Å². The van der Waals surface area contributed by atoms with E-state index >= 15 is 0 Å². The lowest BCUT2D eigenvalue weighted by molar-refractivity contribution is -0.116. The largest absolute Gasteiger partial charge is 0.497 e. The Morgan fingerprint density at radius 3 is 2.53 bits per heavy atom. The van der Waals surface area contributed by atoms with E-state index in [1.165, 1.54) is 10.6 Å². The summed E-state index contributed by atoms with van der Waals surface area (Å²) in [6.07, 6.45) is 0. The summed E-state index contributed by atoms with van der Waals surface area (Å²) in [5.74, 6) is 1.23. The predicted octanol–water partition coefficient (Wildman–Crippen LogP) is 2.82. The summed E-state index contributed by atoms with van der Waals surface area (Å²) in [6.45, 7) is 3.72. The number of methoxy groups -OCH3 is 1. The number of rotatable bonds is 5. The number of ether oxygens (including phenoxy) is 1. The van der Waals surface area contributed by atoms with Crippen molar-refractivity contribution in [2.75, 3.05) is 12.4 Å². The number of aromatic nitrogens is 4. The van der Waals surface area contributed by atoms with Crippen LogP contribution in [0.25, 0.3) is 17.2 Å². The smallest absolute Gasteiger partial charge is 0.275 e. The van der Waals surface area contributed by atoms with Crippen LogP contribution in [0.3, 0.4) is 0 Å². The zero-order chi connectivity index (χ0) is 21.3. The first-order chi connectivity index (χ1) is 14.5. The highest BCUT2D eigenvalue weighted by molar-refractivity contribution is 5.90. The van der Waals surface area contributed by atoms with Crippen molar-refractivity contribution < 1.29 is 9.53 Å². The molecule has 0 radical (unpaired) electrons. The van der Waals surface area contributed by atoms with E-state index in [2.05, 4.69) is 15.4 Å². The third-order valence-electron chi connectivity index (χ3n) is 4.86. The maximum atomic E-state index is 12.6. The van der Waals surface area contributed by atoms with E-state index < -0.39 is 0 Å². The molecule has 8 heteroatoms. The van der Waals surface area contributed by atoms with Crippen molar-refractivity contribution in [2.24, 2.45) is 0 Å². The molecule has 0 atom stereocenters. The van der Waals surface area contributed by atoms with Gasteiger partial charge in [0.1, 0.15) is 12.3 Å². The molecule has 0 bridgehead atoms. The number of nitrogens with one attached hydrogen (secondary N) is 1. The van der Waals surface area contributed by atoms with Crippen LogP contribution in [0, 0.1) is 13.8 Å². The summed E-state index contributed by atoms with van der Waals surface area (Å²) in [6, 6.07) is 16.2. The molecule has 0 aliphatic carbocycles. The average molecular weight is 403 g/mol. The fraction of sp³-hybridized carbons (Fsp3) is 0.182. The van der Waals surface area contributed by atoms with Gasteiger partial charge in [0, 0.05) is 23.0 Å². The highest BCUT2D eigenvalue weighted by Gasteiger charge is 2.16. The normalized spacial score (nSPS) is 10.9. The standard InChI is InChI=1S/C22H21N5O3/c1-14-6-4-5-7-18(14)21-24-22-26(15(2)12-20(29)27(22)25-21)13-19(28)23-16-8-10-17(30-3)11-9-16/h4-12H,13H2,1-3H3,(H,23,28). The third kappa shape index (κ3) is 3.67. The molecular formula is C22H21N5O3. The number of aryl methyl sites for hydroxylation is 2. The lowest BCUT2D eigenvalue weighted by Gasteiger charge is -2.12. The van der Waals surface area contributed by atoms with Crippen molar-refractivity contribution in [1.82, 2.24) is 19.2 Å². The summed E-state index contributed by atoms with van der Waals surface area (Å²) in [5, 5.41) is 7.23. The van der Waals surface area contributed by atoms with Crippen LogP contribution in [-0.2, 0) is 11.3 Å². The number of carbonyl (C=O) groups is 1. The van der Waals surface area contributed by atoms with Gasteiger partial charge in [0.2, 0.25) is 11.7 Å². The van der Waals surface area contributed by atoms with Gasteiger partial charge < -0.3 is 14.6 Å². The summed E-state index contributed by atoms with van der Waals surface area (Å²) >= 11 is 0. The molecule has 8 nitrogen and oxygen atoms in total. The maximum absolute atomic E-state index is 12.6. The van der Waals surface area contributed by atoms with Gasteiger partial charge in [0.25, 0.3) is 5.56 Å². The Labute approximate surface area is 172 Å². The molecule has 152 valence electrons. The molecule has 30 heavy (non-hydrogen) atoms. The minimum Gasteiger partial charge on any atom is -0.497 e. The number of amides is 1. The van der Waals surface area contributed by atoms with Gasteiger partial charge in [-0.15, -0.1) is 5.10 Å². The number of hydrogen-bond donors (Lipinski definition) is 1. The predicted molar refractivity (Wildman–Crippen MR) is 114 cm³/mol. The van der Waals surface area contributed by atoms with Gasteiger partial charge >= 0.3 is 0 Å². The number of carbonyl (C=O) groups excluding carboxylic acids is 1. The Hall–Kier alpha value is -3.94. The van der Waals surface area contributed by atoms with Crippen LogP contribution in [0.5, 0.6) is 5.75 Å². The SMILES string of the molecule is COc1ccc(NC(=O)Cn2c(C)cc(=O)n3nc(-c4ccccc4C)nc23)cc1. The number of hydrogen-bond acceptors (Lipinski definition) is 5. The Morgan fingerprint density at radius 2 is 1.83 bits per heavy atom. The number of fused-ring (bicyclic) bond motifs is 1. The van der Waals surface area contributed by atoms with Crippen LogP contribution in [0.15, 0.2) is 59.4 Å². The van der Waals surface area contributed by atoms with E-state index in [0.29, 0.717) is 28.7 Å². The van der Waals surface area contributed by atoms with Gasteiger partial charge in [0.05, 0.1) is 7.11 Å². The Kier molecular flexibility index (Phi) is 5.05. The first-order valence-corrected chi connectivity index (χ1v) is 9.43. The minimum absolute atomic E-state index is 0.00640. The maximum Gasteiger partial charge on any atom is 0.275 e. The average Bonchev–Trinajstić information content (AvgIpc) is 3.18. The molecule has 0 saturated carbocycles. The Bertz CT molecular complexity index is 1290. The second kappa shape index (κ2) is 7.82. The molecule has 1 amide bonds. The summed E-state index contributed by atoms with van der Waals surface area (Å²) < 4.78 is 8.03. The highest BCUT2D eigenvalue weighted by Crippen LogP contribution is 2.20. The second-order valence-corrected chi connectivity index (χ2v) is 6.95. The molecule has 1 N–H and O–H groups in total. The van der Waals surface area contributed by atoms with Crippen molar-refractivity contribution in [3.63, 3.8) is 0 Å². The third-order valence-corrected chi connectivity index (χ3v) is 4.86. The van der Waals surface area contributed by atoms with Crippen LogP contribution >= 0.6 is 0 Å². The quantitative estimate of drug-likeness (QED) is 0.553. The molecule has 2 heterocycles. The zero-order valence-corrected chi connectivity index (χ0v) is 16.9. The van der Waals surface area contributed by atoms with Crippen molar-refractivity contribution in [3.05, 3.63) is 76.2 Å². The van der Waals surface area contributed by atoms with Crippen LogP contribution in [0.2, 0.25) is 0 Å². The summed E-state index contributed by atoms with van der Waals surface area (Å²) in [4.78, 5) is 29.7. The van der Waals surface area contributed by atoms with Crippen molar-refractivity contribution in [1.29, 1.82) is 0 Å². The summed E-state index contributed by atoms with van der Waals surface area (Å²) in [5.41, 5.74) is 2.83. The van der Waals surface area contributed by atoms with E-state index in [1.54, 1.807) is 42.9 Å². The van der Waals surface area contributed by atoms with E-state index in [0.717, 1.165) is 11.1 Å². The van der Waals surface area contributed by atoms with Crippen molar-refractivity contribution >= 4 is 17.4 Å². The molecule has 0 aliphatic rings. The second-order valence-electron chi connectivity index (χ2n) is 6.95. The highest BCUT2D eigenvalue weighted by atomic mass is 16.5. The molecule has 4 rings (SSSR count). The van der Waals surface area contributed by atoms with E-state index in [-0.39, 0.29) is 18.0 Å². The molecule has 2 aromatic carbocycles. The van der Waals surface area contributed by atoms with Crippen molar-refractivity contribution in [3.8, 4) is 17.1 Å². The fourth-order valence-electron chi connectivity index (χ4n) is 3.25. The van der Waals surface area contributed by atoms with E-state index in [4.69, 9.17) is 4.74 Å². The van der Waals surface area contributed by atoms with Gasteiger partial charge in [-0.2, -0.15) is 9.50 Å². The number of benzene rings is 2. The van der Waals surface area contributed by atoms with E-state index in [9.17, 15) is 9.59 Å². The molecule has 0 saturated heterocycles. The fourth-order valence-corrected chi connectivity index (χ4v) is 3.25. The van der Waals surface area contributed by atoms with Crippen LogP contribution in [-0.4, -0.2) is 32.2 Å². The van der Waals surface area contributed by atoms with Gasteiger partial charge in [-0.3, -0.25) is 9.59 Å².